The molecule has 5 rings (SSSR count). The van der Waals surface area contributed by atoms with Crippen molar-refractivity contribution in [2.24, 2.45) is 7.05 Å². The SMILES string of the molecule is Cc1ccc2c(oc3ncccc32)c1-c1c2ccccc2cc[n+]1C. The van der Waals surface area contributed by atoms with Crippen LogP contribution in [0.2, 0.25) is 0 Å². The average molecular weight is 325 g/mol. The molecule has 0 aliphatic heterocycles. The normalized spacial score (nSPS) is 11.6. The van der Waals surface area contributed by atoms with Crippen molar-refractivity contribution in [1.82, 2.24) is 4.98 Å². The predicted molar refractivity (Wildman–Crippen MR) is 100 cm³/mol. The minimum absolute atomic E-state index is 0.687. The number of rotatable bonds is 1. The van der Waals surface area contributed by atoms with Gasteiger partial charge in [-0.25, -0.2) is 9.55 Å². The molecule has 0 radical (unpaired) electrons. The van der Waals surface area contributed by atoms with Crippen LogP contribution in [-0.2, 0) is 7.05 Å². The van der Waals surface area contributed by atoms with E-state index in [1.54, 1.807) is 6.20 Å². The van der Waals surface area contributed by atoms with E-state index in [4.69, 9.17) is 4.42 Å². The van der Waals surface area contributed by atoms with Crippen LogP contribution in [0.15, 0.2) is 71.4 Å². The number of benzene rings is 2. The highest BCUT2D eigenvalue weighted by Gasteiger charge is 2.23. The van der Waals surface area contributed by atoms with Gasteiger partial charge in [0.15, 0.2) is 11.8 Å². The third-order valence-electron chi connectivity index (χ3n) is 4.91. The molecule has 5 aromatic rings. The Morgan fingerprint density at radius 3 is 2.64 bits per heavy atom. The fraction of sp³-hybridized carbons (Fsp3) is 0.0909. The molecular formula is C22H17N2O+. The fourth-order valence-corrected chi connectivity index (χ4v) is 3.69. The first-order valence-electron chi connectivity index (χ1n) is 8.38. The molecule has 3 heteroatoms. The van der Waals surface area contributed by atoms with E-state index in [2.05, 4.69) is 78.3 Å². The monoisotopic (exact) mass is 325 g/mol. The van der Waals surface area contributed by atoms with Crippen LogP contribution in [0.1, 0.15) is 5.56 Å². The fourth-order valence-electron chi connectivity index (χ4n) is 3.69. The molecular weight excluding hydrogens is 308 g/mol. The van der Waals surface area contributed by atoms with Crippen molar-refractivity contribution in [1.29, 1.82) is 0 Å². The van der Waals surface area contributed by atoms with Crippen molar-refractivity contribution < 1.29 is 8.98 Å². The van der Waals surface area contributed by atoms with E-state index in [9.17, 15) is 0 Å². The summed E-state index contributed by atoms with van der Waals surface area (Å²) in [6.45, 7) is 2.14. The lowest BCUT2D eigenvalue weighted by Gasteiger charge is -2.08. The van der Waals surface area contributed by atoms with Gasteiger partial charge in [0.25, 0.3) is 0 Å². The first-order chi connectivity index (χ1) is 12.2. The van der Waals surface area contributed by atoms with E-state index in [1.807, 2.05) is 6.07 Å². The second kappa shape index (κ2) is 5.15. The summed E-state index contributed by atoms with van der Waals surface area (Å²) in [5.74, 6) is 0. The quantitative estimate of drug-likeness (QED) is 0.409. The summed E-state index contributed by atoms with van der Waals surface area (Å²) in [5, 5.41) is 4.61. The molecule has 0 N–H and O–H groups in total. The molecule has 2 aromatic carbocycles. The third-order valence-corrected chi connectivity index (χ3v) is 4.91. The summed E-state index contributed by atoms with van der Waals surface area (Å²) in [6, 6.07) is 18.9. The third kappa shape index (κ3) is 1.99. The summed E-state index contributed by atoms with van der Waals surface area (Å²) in [7, 11) is 2.08. The molecule has 0 aliphatic carbocycles. The number of nitrogens with zero attached hydrogens (tertiary/aromatic N) is 2. The highest BCUT2D eigenvalue weighted by Crippen LogP contribution is 2.38. The van der Waals surface area contributed by atoms with E-state index in [-0.39, 0.29) is 0 Å². The van der Waals surface area contributed by atoms with Gasteiger partial charge in [-0.15, -0.1) is 0 Å². The molecule has 0 aliphatic rings. The van der Waals surface area contributed by atoms with E-state index < -0.39 is 0 Å². The summed E-state index contributed by atoms with van der Waals surface area (Å²) < 4.78 is 8.37. The largest absolute Gasteiger partial charge is 0.437 e. The first kappa shape index (κ1) is 14.2. The predicted octanol–water partition coefficient (Wildman–Crippen LogP) is 4.93. The van der Waals surface area contributed by atoms with E-state index in [0.717, 1.165) is 21.9 Å². The van der Waals surface area contributed by atoms with Gasteiger partial charge in [0.1, 0.15) is 7.05 Å². The lowest BCUT2D eigenvalue weighted by Crippen LogP contribution is -2.30. The molecule has 3 aromatic heterocycles. The van der Waals surface area contributed by atoms with Crippen molar-refractivity contribution in [3.05, 3.63) is 72.6 Å². The maximum absolute atomic E-state index is 6.20. The maximum atomic E-state index is 6.20. The van der Waals surface area contributed by atoms with Gasteiger partial charge in [-0.3, -0.25) is 0 Å². The number of aryl methyl sites for hydroxylation is 2. The van der Waals surface area contributed by atoms with Crippen molar-refractivity contribution in [3.63, 3.8) is 0 Å². The standard InChI is InChI=1S/C22H17N2O/c1-14-9-10-17-18-8-5-12-23-22(18)25-21(17)19(14)20-16-7-4-3-6-15(16)11-13-24(20)2/h3-13H,1-2H3/q+1. The zero-order valence-corrected chi connectivity index (χ0v) is 14.2. The molecule has 0 bridgehead atoms. The second-order valence-electron chi connectivity index (χ2n) is 6.45. The van der Waals surface area contributed by atoms with Crippen LogP contribution in [0, 0.1) is 6.92 Å². The van der Waals surface area contributed by atoms with Crippen LogP contribution in [0.25, 0.3) is 44.1 Å². The first-order valence-corrected chi connectivity index (χ1v) is 8.38. The Kier molecular flexibility index (Phi) is 2.92. The van der Waals surface area contributed by atoms with Crippen LogP contribution in [0.5, 0.6) is 0 Å². The molecule has 0 saturated carbocycles. The van der Waals surface area contributed by atoms with Crippen LogP contribution in [0.4, 0.5) is 0 Å². The Balaban J connectivity index is 2.00. The van der Waals surface area contributed by atoms with Gasteiger partial charge in [-0.05, 0) is 36.1 Å². The number of furan rings is 1. The van der Waals surface area contributed by atoms with Crippen LogP contribution in [-0.4, -0.2) is 4.98 Å². The van der Waals surface area contributed by atoms with Crippen molar-refractivity contribution in [2.45, 2.75) is 6.92 Å². The highest BCUT2D eigenvalue weighted by atomic mass is 16.3. The molecule has 120 valence electrons. The summed E-state index contributed by atoms with van der Waals surface area (Å²) in [5.41, 5.74) is 5.08. The molecule has 0 fully saturated rings. The maximum Gasteiger partial charge on any atom is 0.227 e. The van der Waals surface area contributed by atoms with E-state index in [1.165, 1.54) is 22.0 Å². The number of hydrogen-bond acceptors (Lipinski definition) is 2. The van der Waals surface area contributed by atoms with Gasteiger partial charge in [-0.1, -0.05) is 30.3 Å². The smallest absolute Gasteiger partial charge is 0.227 e. The number of hydrogen-bond donors (Lipinski definition) is 0. The summed E-state index contributed by atoms with van der Waals surface area (Å²) in [4.78, 5) is 4.39. The Labute approximate surface area is 145 Å². The Hall–Kier alpha value is -3.20. The molecule has 0 amide bonds. The van der Waals surface area contributed by atoms with Crippen molar-refractivity contribution in [2.75, 3.05) is 0 Å². The van der Waals surface area contributed by atoms with Gasteiger partial charge in [-0.2, -0.15) is 0 Å². The van der Waals surface area contributed by atoms with Gasteiger partial charge in [0.05, 0.1) is 10.9 Å². The van der Waals surface area contributed by atoms with Gasteiger partial charge in [0.2, 0.25) is 11.4 Å². The van der Waals surface area contributed by atoms with Crippen molar-refractivity contribution in [3.8, 4) is 11.3 Å². The molecule has 0 unspecified atom stereocenters. The van der Waals surface area contributed by atoms with E-state index >= 15 is 0 Å². The lowest BCUT2D eigenvalue weighted by atomic mass is 9.97. The summed E-state index contributed by atoms with van der Waals surface area (Å²) in [6.07, 6.45) is 3.88. The van der Waals surface area contributed by atoms with Crippen LogP contribution in [0.3, 0.4) is 0 Å². The van der Waals surface area contributed by atoms with Gasteiger partial charge in [0, 0.05) is 23.0 Å². The number of fused-ring (bicyclic) bond motifs is 4. The second-order valence-corrected chi connectivity index (χ2v) is 6.45. The molecule has 3 heterocycles. The molecule has 0 saturated heterocycles. The minimum atomic E-state index is 0.687. The number of aromatic nitrogens is 2. The van der Waals surface area contributed by atoms with Crippen LogP contribution >= 0.6 is 0 Å². The molecule has 0 spiro atoms. The van der Waals surface area contributed by atoms with Gasteiger partial charge < -0.3 is 4.42 Å². The van der Waals surface area contributed by atoms with Crippen LogP contribution < -0.4 is 4.57 Å². The van der Waals surface area contributed by atoms with Crippen molar-refractivity contribution >= 4 is 32.8 Å². The van der Waals surface area contributed by atoms with E-state index in [0.29, 0.717) is 5.71 Å². The average Bonchev–Trinajstić information content (AvgIpc) is 3.01. The zero-order chi connectivity index (χ0) is 17.0. The topological polar surface area (TPSA) is 29.9 Å². The molecule has 0 atom stereocenters. The molecule has 3 nitrogen and oxygen atoms in total. The Morgan fingerprint density at radius 1 is 0.880 bits per heavy atom. The lowest BCUT2D eigenvalue weighted by molar-refractivity contribution is -0.659. The number of pyridine rings is 2. The van der Waals surface area contributed by atoms with Gasteiger partial charge >= 0.3 is 0 Å². The summed E-state index contributed by atoms with van der Waals surface area (Å²) >= 11 is 0. The zero-order valence-electron chi connectivity index (χ0n) is 14.2. The Bertz CT molecular complexity index is 1270. The highest BCUT2D eigenvalue weighted by molar-refractivity contribution is 6.10. The molecule has 25 heavy (non-hydrogen) atoms. The Morgan fingerprint density at radius 2 is 1.72 bits per heavy atom. The minimum Gasteiger partial charge on any atom is -0.437 e.